The van der Waals surface area contributed by atoms with Crippen LogP contribution in [0.15, 0.2) is 22.7 Å². The lowest BCUT2D eigenvalue weighted by molar-refractivity contribution is 0.176. The van der Waals surface area contributed by atoms with Crippen LogP contribution in [-0.2, 0) is 6.42 Å². The number of aryl methyl sites for hydroxylation is 1. The van der Waals surface area contributed by atoms with Crippen LogP contribution in [0.1, 0.15) is 24.6 Å². The standard InChI is InChI=1S/C17H21FN4O3/c1-11-19-16(21-25-11)8-12-4-3-7-22(10-12)17(23)20-13-5-6-14(18)15(9-13)24-2/h5-6,9,12H,3-4,7-8,10H2,1-2H3,(H,20,23)/t12-/m1/s1. The molecule has 8 heteroatoms. The fourth-order valence-corrected chi connectivity index (χ4v) is 3.04. The highest BCUT2D eigenvalue weighted by molar-refractivity contribution is 5.89. The van der Waals surface area contributed by atoms with E-state index in [0.717, 1.165) is 12.8 Å². The second-order valence-electron chi connectivity index (χ2n) is 6.17. The number of hydrogen-bond donors (Lipinski definition) is 1. The molecule has 1 aromatic carbocycles. The molecule has 1 aliphatic rings. The molecule has 7 nitrogen and oxygen atoms in total. The summed E-state index contributed by atoms with van der Waals surface area (Å²) in [6.45, 7) is 3.07. The van der Waals surface area contributed by atoms with Crippen molar-refractivity contribution in [2.75, 3.05) is 25.5 Å². The van der Waals surface area contributed by atoms with Crippen LogP contribution in [0.3, 0.4) is 0 Å². The Bertz CT molecular complexity index is 749. The van der Waals surface area contributed by atoms with Gasteiger partial charge in [-0.1, -0.05) is 5.16 Å². The fraction of sp³-hybridized carbons (Fsp3) is 0.471. The molecule has 0 spiro atoms. The number of ether oxygens (including phenoxy) is 1. The van der Waals surface area contributed by atoms with Crippen LogP contribution in [-0.4, -0.2) is 41.3 Å². The summed E-state index contributed by atoms with van der Waals surface area (Å²) < 4.78 is 23.4. The summed E-state index contributed by atoms with van der Waals surface area (Å²) in [5.74, 6) is 1.15. The molecule has 1 aliphatic heterocycles. The molecule has 1 N–H and O–H groups in total. The average Bonchev–Trinajstić information content (AvgIpc) is 3.01. The Morgan fingerprint density at radius 1 is 1.52 bits per heavy atom. The highest BCUT2D eigenvalue weighted by atomic mass is 19.1. The van der Waals surface area contributed by atoms with Gasteiger partial charge in [0.25, 0.3) is 0 Å². The van der Waals surface area contributed by atoms with Crippen LogP contribution in [0.25, 0.3) is 0 Å². The zero-order chi connectivity index (χ0) is 17.8. The molecule has 0 bridgehead atoms. The molecule has 3 rings (SSSR count). The molecule has 1 fully saturated rings. The van der Waals surface area contributed by atoms with Gasteiger partial charge >= 0.3 is 6.03 Å². The fourth-order valence-electron chi connectivity index (χ4n) is 3.04. The van der Waals surface area contributed by atoms with Gasteiger partial charge < -0.3 is 19.5 Å². The van der Waals surface area contributed by atoms with Crippen LogP contribution in [0.5, 0.6) is 5.75 Å². The number of benzene rings is 1. The molecule has 0 unspecified atom stereocenters. The summed E-state index contributed by atoms with van der Waals surface area (Å²) in [5, 5.41) is 6.71. The Balaban J connectivity index is 1.60. The number of rotatable bonds is 4. The third-order valence-corrected chi connectivity index (χ3v) is 4.25. The van der Waals surface area contributed by atoms with Crippen molar-refractivity contribution < 1.29 is 18.4 Å². The lowest BCUT2D eigenvalue weighted by atomic mass is 9.95. The Morgan fingerprint density at radius 2 is 2.36 bits per heavy atom. The summed E-state index contributed by atoms with van der Waals surface area (Å²) >= 11 is 0. The first-order chi connectivity index (χ1) is 12.0. The first-order valence-corrected chi connectivity index (χ1v) is 8.24. The number of aromatic nitrogens is 2. The van der Waals surface area contributed by atoms with Gasteiger partial charge in [0.05, 0.1) is 7.11 Å². The first-order valence-electron chi connectivity index (χ1n) is 8.24. The number of methoxy groups -OCH3 is 1. The van der Waals surface area contributed by atoms with E-state index in [9.17, 15) is 9.18 Å². The molecule has 134 valence electrons. The van der Waals surface area contributed by atoms with Crippen molar-refractivity contribution in [2.24, 2.45) is 5.92 Å². The van der Waals surface area contributed by atoms with Gasteiger partial charge in [-0.05, 0) is 30.9 Å². The van der Waals surface area contributed by atoms with Crippen molar-refractivity contribution in [2.45, 2.75) is 26.2 Å². The zero-order valence-electron chi connectivity index (χ0n) is 14.3. The SMILES string of the molecule is COc1cc(NC(=O)N2CCC[C@H](Cc3noc(C)n3)C2)ccc1F. The highest BCUT2D eigenvalue weighted by Crippen LogP contribution is 2.23. The van der Waals surface area contributed by atoms with E-state index in [-0.39, 0.29) is 11.8 Å². The van der Waals surface area contributed by atoms with E-state index in [1.807, 2.05) is 0 Å². The molecule has 1 atom stereocenters. The first kappa shape index (κ1) is 17.2. The van der Waals surface area contributed by atoms with E-state index in [1.165, 1.54) is 25.3 Å². The smallest absolute Gasteiger partial charge is 0.321 e. The third kappa shape index (κ3) is 4.26. The predicted molar refractivity (Wildman–Crippen MR) is 89.0 cm³/mol. The quantitative estimate of drug-likeness (QED) is 0.919. The van der Waals surface area contributed by atoms with Gasteiger partial charge in [0.15, 0.2) is 17.4 Å². The molecule has 0 aliphatic carbocycles. The van der Waals surface area contributed by atoms with Gasteiger partial charge in [-0.25, -0.2) is 9.18 Å². The van der Waals surface area contributed by atoms with Crippen molar-refractivity contribution in [3.8, 4) is 5.75 Å². The largest absolute Gasteiger partial charge is 0.494 e. The van der Waals surface area contributed by atoms with E-state index in [1.54, 1.807) is 11.8 Å². The van der Waals surface area contributed by atoms with Gasteiger partial charge in [0.2, 0.25) is 5.89 Å². The number of carbonyl (C=O) groups is 1. The minimum absolute atomic E-state index is 0.0989. The Kier molecular flexibility index (Phi) is 5.16. The number of nitrogens with zero attached hydrogens (tertiary/aromatic N) is 3. The van der Waals surface area contributed by atoms with Crippen molar-refractivity contribution in [3.63, 3.8) is 0 Å². The molecule has 2 heterocycles. The van der Waals surface area contributed by atoms with Crippen molar-refractivity contribution in [1.29, 1.82) is 0 Å². The van der Waals surface area contributed by atoms with Crippen LogP contribution < -0.4 is 10.1 Å². The lowest BCUT2D eigenvalue weighted by Crippen LogP contribution is -2.42. The van der Waals surface area contributed by atoms with Crippen molar-refractivity contribution in [3.05, 3.63) is 35.7 Å². The van der Waals surface area contributed by atoms with Gasteiger partial charge in [-0.3, -0.25) is 0 Å². The number of anilines is 1. The molecule has 2 amide bonds. The summed E-state index contributed by atoms with van der Waals surface area (Å²) in [6.07, 6.45) is 2.62. The maximum atomic E-state index is 13.5. The molecule has 2 aromatic rings. The highest BCUT2D eigenvalue weighted by Gasteiger charge is 2.25. The molecule has 0 radical (unpaired) electrons. The molecule has 1 aromatic heterocycles. The lowest BCUT2D eigenvalue weighted by Gasteiger charge is -2.32. The van der Waals surface area contributed by atoms with E-state index < -0.39 is 5.82 Å². The van der Waals surface area contributed by atoms with E-state index in [2.05, 4.69) is 15.5 Å². The summed E-state index contributed by atoms with van der Waals surface area (Å²) in [5.41, 5.74) is 0.499. The van der Waals surface area contributed by atoms with Gasteiger partial charge in [0.1, 0.15) is 0 Å². The number of nitrogens with one attached hydrogen (secondary N) is 1. The van der Waals surface area contributed by atoms with E-state index in [0.29, 0.717) is 42.8 Å². The number of halogens is 1. The van der Waals surface area contributed by atoms with Crippen molar-refractivity contribution >= 4 is 11.7 Å². The minimum Gasteiger partial charge on any atom is -0.494 e. The molecule has 0 saturated carbocycles. The minimum atomic E-state index is -0.464. The summed E-state index contributed by atoms with van der Waals surface area (Å²) in [4.78, 5) is 18.5. The summed E-state index contributed by atoms with van der Waals surface area (Å²) in [6, 6.07) is 4.05. The van der Waals surface area contributed by atoms with Crippen LogP contribution in [0.2, 0.25) is 0 Å². The van der Waals surface area contributed by atoms with Gasteiger partial charge in [-0.15, -0.1) is 0 Å². The van der Waals surface area contributed by atoms with Gasteiger partial charge in [-0.2, -0.15) is 4.98 Å². The van der Waals surface area contributed by atoms with Gasteiger partial charge in [0, 0.05) is 38.2 Å². The number of piperidine rings is 1. The number of likely N-dealkylation sites (tertiary alicyclic amines) is 1. The van der Waals surface area contributed by atoms with Crippen molar-refractivity contribution in [1.82, 2.24) is 15.0 Å². The Hall–Kier alpha value is -2.64. The Labute approximate surface area is 145 Å². The van der Waals surface area contributed by atoms with Crippen LogP contribution in [0.4, 0.5) is 14.9 Å². The van der Waals surface area contributed by atoms with E-state index >= 15 is 0 Å². The zero-order valence-corrected chi connectivity index (χ0v) is 14.3. The maximum Gasteiger partial charge on any atom is 0.321 e. The number of amides is 2. The van der Waals surface area contributed by atoms with Crippen LogP contribution in [0, 0.1) is 18.7 Å². The molecule has 25 heavy (non-hydrogen) atoms. The second kappa shape index (κ2) is 7.50. The molecule has 1 saturated heterocycles. The number of hydrogen-bond acceptors (Lipinski definition) is 5. The second-order valence-corrected chi connectivity index (χ2v) is 6.17. The topological polar surface area (TPSA) is 80.5 Å². The maximum absolute atomic E-state index is 13.5. The third-order valence-electron chi connectivity index (χ3n) is 4.25. The predicted octanol–water partition coefficient (Wildman–Crippen LogP) is 3.01. The molecular formula is C17H21FN4O3. The van der Waals surface area contributed by atoms with E-state index in [4.69, 9.17) is 9.26 Å². The summed E-state index contributed by atoms with van der Waals surface area (Å²) in [7, 11) is 1.39. The monoisotopic (exact) mass is 348 g/mol. The van der Waals surface area contributed by atoms with Crippen LogP contribution >= 0.6 is 0 Å². The normalized spacial score (nSPS) is 17.4. The Morgan fingerprint density at radius 3 is 3.08 bits per heavy atom. The average molecular weight is 348 g/mol. The molecular weight excluding hydrogens is 327 g/mol. The number of urea groups is 1. The number of carbonyl (C=O) groups excluding carboxylic acids is 1.